The van der Waals surface area contributed by atoms with E-state index in [2.05, 4.69) is 137 Å². The number of rotatable bonds is 37. The van der Waals surface area contributed by atoms with Gasteiger partial charge in [-0.2, -0.15) is 0 Å². The van der Waals surface area contributed by atoms with E-state index in [4.69, 9.17) is 4.74 Å². The largest absolute Gasteiger partial charge is 0.507 e. The van der Waals surface area contributed by atoms with Gasteiger partial charge >= 0.3 is 0 Å². The van der Waals surface area contributed by atoms with E-state index in [0.29, 0.717) is 11.2 Å². The van der Waals surface area contributed by atoms with Crippen LogP contribution in [0.15, 0.2) is 24.8 Å². The Kier molecular flexibility index (Phi) is 42.6. The van der Waals surface area contributed by atoms with Crippen LogP contribution in [0.2, 0.25) is 0 Å². The van der Waals surface area contributed by atoms with Gasteiger partial charge in [0.2, 0.25) is 0 Å². The molecule has 432 valence electrons. The first-order valence-electron chi connectivity index (χ1n) is 32.0. The maximum atomic E-state index is 10.4. The minimum atomic E-state index is -0.0712. The average Bonchev–Trinajstić information content (AvgIpc) is 3.30. The van der Waals surface area contributed by atoms with Gasteiger partial charge in [0, 0.05) is 5.56 Å². The van der Waals surface area contributed by atoms with Gasteiger partial charge in [0.1, 0.15) is 17.1 Å². The number of ether oxygens (including phenoxy) is 1. The van der Waals surface area contributed by atoms with Crippen molar-refractivity contribution in [1.82, 2.24) is 0 Å². The van der Waals surface area contributed by atoms with E-state index in [1.807, 2.05) is 27.7 Å². The summed E-state index contributed by atoms with van der Waals surface area (Å²) >= 11 is 0. The first-order valence-corrected chi connectivity index (χ1v) is 32.0. The molecule has 1 heterocycles. The van der Waals surface area contributed by atoms with Crippen LogP contribution in [-0.2, 0) is 6.42 Å². The lowest BCUT2D eigenvalue weighted by Crippen LogP contribution is -2.37. The lowest BCUT2D eigenvalue weighted by Gasteiger charge is -2.38. The Hall–Kier alpha value is -1.70. The molecular formula is C71H136O2. The zero-order chi connectivity index (χ0) is 56.2. The monoisotopic (exact) mass is 1020 g/mol. The van der Waals surface area contributed by atoms with E-state index < -0.39 is 0 Å². The van der Waals surface area contributed by atoms with E-state index in [1.54, 1.807) is 0 Å². The molecule has 7 atom stereocenters. The first-order chi connectivity index (χ1) is 34.2. The van der Waals surface area contributed by atoms with Crippen LogP contribution in [0.4, 0.5) is 0 Å². The number of phenols is 1. The molecule has 0 amide bonds. The molecule has 1 N–H and O–H groups in total. The summed E-state index contributed by atoms with van der Waals surface area (Å²) in [5, 5.41) is 10.4. The van der Waals surface area contributed by atoms with Crippen molar-refractivity contribution >= 4 is 0 Å². The molecule has 0 spiro atoms. The molecule has 0 radical (unpaired) electrons. The highest BCUT2D eigenvalue weighted by atomic mass is 16.5. The van der Waals surface area contributed by atoms with Crippen molar-refractivity contribution in [3.05, 3.63) is 47.1 Å². The van der Waals surface area contributed by atoms with Crippen molar-refractivity contribution in [2.75, 3.05) is 0 Å². The topological polar surface area (TPSA) is 29.5 Å². The third kappa shape index (κ3) is 38.5. The van der Waals surface area contributed by atoms with Crippen LogP contribution in [0, 0.1) is 79.4 Å². The van der Waals surface area contributed by atoms with E-state index >= 15 is 0 Å². The summed E-state index contributed by atoms with van der Waals surface area (Å²) in [6.07, 6.45) is 41.2. The lowest BCUT2D eigenvalue weighted by molar-refractivity contribution is 0.0511. The van der Waals surface area contributed by atoms with Crippen LogP contribution in [0.1, 0.15) is 327 Å². The quantitative estimate of drug-likeness (QED) is 0.0673. The van der Waals surface area contributed by atoms with Gasteiger partial charge in [0.25, 0.3) is 0 Å². The molecule has 0 saturated heterocycles. The van der Waals surface area contributed by atoms with Crippen molar-refractivity contribution < 1.29 is 9.84 Å². The van der Waals surface area contributed by atoms with Crippen LogP contribution < -0.4 is 4.74 Å². The summed E-state index contributed by atoms with van der Waals surface area (Å²) in [5.41, 5.74) is 5.89. The van der Waals surface area contributed by atoms with Crippen LogP contribution in [0.25, 0.3) is 0 Å². The maximum absolute atomic E-state index is 10.4. The highest BCUT2D eigenvalue weighted by Gasteiger charge is 2.34. The standard InChI is InChI=1S/C29H50O2.C21H42.C19H38.C2H6/c1-20(2)12-9-13-21(3)14-10-15-22(4)16-11-18-29(8)19-17-26-25(7)27(30)23(5)24(6)28(26)31-29;1-8-21(6,7)17-11-16-20(5)15-10-14-19(4)13-9-12-18(2)3;1-16(2)10-7-12-18(5)14-9-15-19(6)13-8-11-17(3)4;1-2/h20-22,30H,9-19H2,1-8H3;8,18-20H,1,9-17H2,2-7H3;17-19H,1,7-15H2,2-6H3;1-2H3. The second-order valence-electron chi connectivity index (χ2n) is 27.3. The zero-order valence-electron chi connectivity index (χ0n) is 54.0. The SMILES string of the molecule is C=C(C)CCCC(C)CCCC(C)CCCC(C)C.C=CC(C)(C)CCCC(C)CCCC(C)CCCC(C)C.CC.Cc1c(C)c2c(c(C)c1O)CCC(C)(CCCC(C)CCCC(C)CCCC(C)C)O2. The molecule has 0 saturated carbocycles. The van der Waals surface area contributed by atoms with Gasteiger partial charge in [-0.15, -0.1) is 13.2 Å². The third-order valence-corrected chi connectivity index (χ3v) is 17.0. The number of allylic oxidation sites excluding steroid dienone is 2. The third-order valence-electron chi connectivity index (χ3n) is 17.0. The van der Waals surface area contributed by atoms with Crippen LogP contribution in [-0.4, -0.2) is 10.7 Å². The molecule has 1 aromatic rings. The summed E-state index contributed by atoms with van der Waals surface area (Å²) in [7, 11) is 0. The summed E-state index contributed by atoms with van der Waals surface area (Å²) in [6, 6.07) is 0. The normalized spacial score (nSPS) is 16.9. The highest BCUT2D eigenvalue weighted by Crippen LogP contribution is 2.44. The summed E-state index contributed by atoms with van der Waals surface area (Å²) in [5.74, 6) is 9.44. The van der Waals surface area contributed by atoms with Gasteiger partial charge in [0.05, 0.1) is 0 Å². The fourth-order valence-corrected chi connectivity index (χ4v) is 11.0. The van der Waals surface area contributed by atoms with Crippen molar-refractivity contribution in [2.45, 2.75) is 337 Å². The predicted molar refractivity (Wildman–Crippen MR) is 334 cm³/mol. The molecule has 7 unspecified atom stereocenters. The minimum Gasteiger partial charge on any atom is -0.507 e. The molecule has 0 aliphatic carbocycles. The highest BCUT2D eigenvalue weighted by molar-refractivity contribution is 5.58. The van der Waals surface area contributed by atoms with Gasteiger partial charge in [-0.05, 0) is 155 Å². The molecule has 0 bridgehead atoms. The second kappa shape index (κ2) is 42.3. The maximum Gasteiger partial charge on any atom is 0.127 e. The Balaban J connectivity index is 0. The van der Waals surface area contributed by atoms with Crippen molar-refractivity contribution in [2.24, 2.45) is 58.7 Å². The second-order valence-corrected chi connectivity index (χ2v) is 27.3. The molecule has 1 aliphatic rings. The van der Waals surface area contributed by atoms with E-state index in [9.17, 15) is 5.11 Å². The molecule has 1 aliphatic heterocycles. The van der Waals surface area contributed by atoms with E-state index in [1.165, 1.54) is 178 Å². The number of hydrogen-bond donors (Lipinski definition) is 1. The Morgan fingerprint density at radius 2 is 0.863 bits per heavy atom. The van der Waals surface area contributed by atoms with Gasteiger partial charge in [0.15, 0.2) is 0 Å². The van der Waals surface area contributed by atoms with E-state index in [0.717, 1.165) is 95.0 Å². The predicted octanol–water partition coefficient (Wildman–Crippen LogP) is 24.5. The first kappa shape index (κ1) is 73.4. The summed E-state index contributed by atoms with van der Waals surface area (Å²) < 4.78 is 6.60. The Labute approximate surface area is 462 Å². The van der Waals surface area contributed by atoms with E-state index in [-0.39, 0.29) is 5.60 Å². The average molecular weight is 1020 g/mol. The molecule has 2 heteroatoms. The molecule has 1 aromatic carbocycles. The Morgan fingerprint density at radius 3 is 1.21 bits per heavy atom. The smallest absolute Gasteiger partial charge is 0.127 e. The Morgan fingerprint density at radius 1 is 0.534 bits per heavy atom. The molecular weight excluding hydrogens is 885 g/mol. The summed E-state index contributed by atoms with van der Waals surface area (Å²) in [4.78, 5) is 0. The Bertz CT molecular complexity index is 1490. The number of fused-ring (bicyclic) bond motifs is 1. The van der Waals surface area contributed by atoms with Crippen LogP contribution in [0.5, 0.6) is 11.5 Å². The summed E-state index contributed by atoms with van der Waals surface area (Å²) in [6.45, 7) is 55.6. The number of phenolic OH excluding ortho intramolecular Hbond substituents is 1. The van der Waals surface area contributed by atoms with Crippen molar-refractivity contribution in [3.63, 3.8) is 0 Å². The number of benzene rings is 1. The van der Waals surface area contributed by atoms with Gasteiger partial charge in [-0.3, -0.25) is 0 Å². The number of aromatic hydroxyl groups is 1. The lowest BCUT2D eigenvalue weighted by atomic mass is 9.84. The van der Waals surface area contributed by atoms with Crippen LogP contribution >= 0.6 is 0 Å². The molecule has 0 fully saturated rings. The van der Waals surface area contributed by atoms with Gasteiger partial charge in [-0.1, -0.05) is 264 Å². The molecule has 2 rings (SSSR count). The van der Waals surface area contributed by atoms with Crippen molar-refractivity contribution in [1.29, 1.82) is 0 Å². The molecule has 73 heavy (non-hydrogen) atoms. The fourth-order valence-electron chi connectivity index (χ4n) is 11.0. The molecule has 0 aromatic heterocycles. The van der Waals surface area contributed by atoms with Gasteiger partial charge in [-0.25, -0.2) is 0 Å². The number of hydrogen-bond acceptors (Lipinski definition) is 2. The zero-order valence-corrected chi connectivity index (χ0v) is 54.0. The van der Waals surface area contributed by atoms with Gasteiger partial charge < -0.3 is 9.84 Å². The minimum absolute atomic E-state index is 0.0712. The fraction of sp³-hybridized carbons (Fsp3) is 0.859. The van der Waals surface area contributed by atoms with Crippen molar-refractivity contribution in [3.8, 4) is 11.5 Å². The molecule has 2 nitrogen and oxygen atoms in total. The van der Waals surface area contributed by atoms with Crippen LogP contribution in [0.3, 0.4) is 0 Å².